The zero-order valence-corrected chi connectivity index (χ0v) is 10.1. The number of nitrogens with zero attached hydrogens (tertiary/aromatic N) is 1. The maximum absolute atomic E-state index is 12.4. The van der Waals surface area contributed by atoms with E-state index in [2.05, 4.69) is 10.5 Å². The molecule has 2 unspecified atom stereocenters. The summed E-state index contributed by atoms with van der Waals surface area (Å²) in [5.74, 6) is -1.25. The molecule has 1 aromatic carbocycles. The van der Waals surface area contributed by atoms with Gasteiger partial charge in [-0.1, -0.05) is 23.4 Å². The number of nitrogens with one attached hydrogen (secondary N) is 1. The van der Waals surface area contributed by atoms with Crippen molar-refractivity contribution in [3.8, 4) is 0 Å². The van der Waals surface area contributed by atoms with Crippen LogP contribution in [0.1, 0.15) is 29.5 Å². The van der Waals surface area contributed by atoms with E-state index in [-0.39, 0.29) is 11.8 Å². The number of hydrogen-bond donors (Lipinski definition) is 2. The smallest absolute Gasteiger partial charge is 0.238 e. The Kier molecular flexibility index (Phi) is 1.82. The molecule has 96 valence electrons. The lowest BCUT2D eigenvalue weighted by molar-refractivity contribution is -0.126. The molecule has 1 spiro atoms. The van der Waals surface area contributed by atoms with Gasteiger partial charge in [0.1, 0.15) is 11.6 Å². The number of rotatable bonds is 0. The first-order chi connectivity index (χ1) is 9.20. The van der Waals surface area contributed by atoms with Gasteiger partial charge >= 0.3 is 0 Å². The summed E-state index contributed by atoms with van der Waals surface area (Å²) in [6.45, 7) is 0. The maximum atomic E-state index is 12.4. The molecule has 4 rings (SSSR count). The van der Waals surface area contributed by atoms with Gasteiger partial charge in [0, 0.05) is 5.56 Å². The van der Waals surface area contributed by atoms with E-state index in [0.717, 1.165) is 29.5 Å². The first-order valence-electron chi connectivity index (χ1n) is 6.40. The number of hydrogen-bond acceptors (Lipinski definition) is 4. The molecule has 2 N–H and O–H groups in total. The molecule has 3 aliphatic rings. The van der Waals surface area contributed by atoms with Gasteiger partial charge in [-0.05, 0) is 30.4 Å². The van der Waals surface area contributed by atoms with E-state index in [4.69, 9.17) is 0 Å². The Balaban J connectivity index is 2.13. The molecule has 1 aliphatic heterocycles. The van der Waals surface area contributed by atoms with Crippen molar-refractivity contribution in [2.75, 3.05) is 0 Å². The van der Waals surface area contributed by atoms with E-state index in [1.807, 2.05) is 18.2 Å². The Labute approximate surface area is 109 Å². The summed E-state index contributed by atoms with van der Waals surface area (Å²) in [7, 11) is 0. The van der Waals surface area contributed by atoms with Gasteiger partial charge in [-0.3, -0.25) is 14.9 Å². The number of carbonyl (C=O) groups excluding carboxylic acids is 2. The van der Waals surface area contributed by atoms with Crippen LogP contribution in [0.25, 0.3) is 0 Å². The number of carbonyl (C=O) groups is 2. The monoisotopic (exact) mass is 256 g/mol. The van der Waals surface area contributed by atoms with E-state index in [0.29, 0.717) is 12.1 Å². The molecule has 0 radical (unpaired) electrons. The van der Waals surface area contributed by atoms with Crippen LogP contribution in [0, 0.1) is 5.92 Å². The Morgan fingerprint density at radius 2 is 2.21 bits per heavy atom. The Hall–Kier alpha value is -2.17. The summed E-state index contributed by atoms with van der Waals surface area (Å²) in [6.07, 6.45) is 2.41. The summed E-state index contributed by atoms with van der Waals surface area (Å²) in [5, 5.41) is 15.0. The third kappa shape index (κ3) is 1.01. The molecule has 1 aromatic rings. The molecule has 2 amide bonds. The van der Waals surface area contributed by atoms with Crippen LogP contribution < -0.4 is 5.32 Å². The zero-order valence-electron chi connectivity index (χ0n) is 10.1. The number of imide groups is 1. The van der Waals surface area contributed by atoms with Crippen LogP contribution in [0.15, 0.2) is 23.4 Å². The number of oxime groups is 1. The summed E-state index contributed by atoms with van der Waals surface area (Å²) in [6, 6.07) is 5.72. The van der Waals surface area contributed by atoms with Crippen molar-refractivity contribution in [3.05, 3.63) is 34.9 Å². The van der Waals surface area contributed by atoms with Gasteiger partial charge in [0.25, 0.3) is 0 Å². The van der Waals surface area contributed by atoms with Gasteiger partial charge in [-0.2, -0.15) is 0 Å². The zero-order chi connectivity index (χ0) is 13.2. The molecule has 2 aliphatic carbocycles. The van der Waals surface area contributed by atoms with Gasteiger partial charge < -0.3 is 5.21 Å². The van der Waals surface area contributed by atoms with E-state index in [9.17, 15) is 14.8 Å². The van der Waals surface area contributed by atoms with Gasteiger partial charge in [-0.15, -0.1) is 0 Å². The second kappa shape index (κ2) is 3.23. The molecule has 1 heterocycles. The third-order valence-electron chi connectivity index (χ3n) is 4.67. The third-order valence-corrected chi connectivity index (χ3v) is 4.67. The van der Waals surface area contributed by atoms with Crippen LogP contribution in [0.4, 0.5) is 0 Å². The highest BCUT2D eigenvalue weighted by atomic mass is 16.4. The Morgan fingerprint density at radius 1 is 1.37 bits per heavy atom. The average molecular weight is 256 g/mol. The van der Waals surface area contributed by atoms with Crippen LogP contribution in [0.2, 0.25) is 0 Å². The second-order valence-corrected chi connectivity index (χ2v) is 5.40. The van der Waals surface area contributed by atoms with E-state index in [1.165, 1.54) is 0 Å². The van der Waals surface area contributed by atoms with Crippen LogP contribution in [0.5, 0.6) is 0 Å². The van der Waals surface area contributed by atoms with Crippen LogP contribution in [0.3, 0.4) is 0 Å². The summed E-state index contributed by atoms with van der Waals surface area (Å²) < 4.78 is 0. The van der Waals surface area contributed by atoms with E-state index in [1.54, 1.807) is 0 Å². The summed E-state index contributed by atoms with van der Waals surface area (Å²) in [4.78, 5) is 24.4. The maximum Gasteiger partial charge on any atom is 0.238 e. The van der Waals surface area contributed by atoms with Crippen molar-refractivity contribution in [2.45, 2.75) is 24.7 Å². The molecule has 0 saturated carbocycles. The molecular weight excluding hydrogens is 244 g/mol. The highest BCUT2D eigenvalue weighted by Crippen LogP contribution is 2.53. The van der Waals surface area contributed by atoms with Crippen molar-refractivity contribution in [2.24, 2.45) is 11.1 Å². The van der Waals surface area contributed by atoms with E-state index >= 15 is 0 Å². The molecule has 5 heteroatoms. The fraction of sp³-hybridized carbons (Fsp3) is 0.357. The van der Waals surface area contributed by atoms with Crippen LogP contribution >= 0.6 is 0 Å². The average Bonchev–Trinajstić information content (AvgIpc) is 2.84. The lowest BCUT2D eigenvalue weighted by Gasteiger charge is -2.31. The molecule has 19 heavy (non-hydrogen) atoms. The number of aryl methyl sites for hydroxylation is 1. The largest absolute Gasteiger partial charge is 0.411 e. The van der Waals surface area contributed by atoms with Gasteiger partial charge in [0.05, 0.1) is 5.41 Å². The van der Waals surface area contributed by atoms with Crippen molar-refractivity contribution in [1.82, 2.24) is 5.32 Å². The standard InChI is InChI=1S/C14H12N2O3/c17-12-10-11(16-19)8-5-1-3-7-4-2-6-14(10,9(7)8)13(18)15-12/h1,3,5,10,19H,2,4,6H2,(H,15,17,18). The molecule has 2 atom stereocenters. The molecule has 0 bridgehead atoms. The molecule has 1 saturated heterocycles. The van der Waals surface area contributed by atoms with Gasteiger partial charge in [0.2, 0.25) is 11.8 Å². The summed E-state index contributed by atoms with van der Waals surface area (Å²) >= 11 is 0. The molecule has 0 aromatic heterocycles. The fourth-order valence-electron chi connectivity index (χ4n) is 4.02. The van der Waals surface area contributed by atoms with Crippen molar-refractivity contribution in [3.63, 3.8) is 0 Å². The minimum atomic E-state index is -0.831. The van der Waals surface area contributed by atoms with Crippen molar-refractivity contribution < 1.29 is 14.8 Å². The lowest BCUT2D eigenvalue weighted by Crippen LogP contribution is -2.40. The normalized spacial score (nSPS) is 33.3. The van der Waals surface area contributed by atoms with Crippen molar-refractivity contribution >= 4 is 17.5 Å². The summed E-state index contributed by atoms with van der Waals surface area (Å²) in [5.41, 5.74) is 2.26. The Bertz CT molecular complexity index is 665. The fourth-order valence-corrected chi connectivity index (χ4v) is 4.02. The number of benzene rings is 1. The molecule has 5 nitrogen and oxygen atoms in total. The quantitative estimate of drug-likeness (QED) is 0.408. The van der Waals surface area contributed by atoms with Gasteiger partial charge in [-0.25, -0.2) is 0 Å². The predicted molar refractivity (Wildman–Crippen MR) is 66.0 cm³/mol. The number of amides is 2. The highest BCUT2D eigenvalue weighted by Gasteiger charge is 2.64. The van der Waals surface area contributed by atoms with E-state index < -0.39 is 11.3 Å². The second-order valence-electron chi connectivity index (χ2n) is 5.40. The first kappa shape index (κ1) is 10.7. The minimum Gasteiger partial charge on any atom is -0.411 e. The molecule has 1 fully saturated rings. The SMILES string of the molecule is O=C1NC(=O)C23CCCc4cccc(c42)C(=NO)C13. The van der Waals surface area contributed by atoms with Gasteiger partial charge in [0.15, 0.2) is 0 Å². The molecular formula is C14H12N2O3. The Morgan fingerprint density at radius 3 is 3.00 bits per heavy atom. The van der Waals surface area contributed by atoms with Crippen LogP contribution in [-0.4, -0.2) is 22.7 Å². The minimum absolute atomic E-state index is 0.241. The predicted octanol–water partition coefficient (Wildman–Crippen LogP) is 0.725. The van der Waals surface area contributed by atoms with Crippen LogP contribution in [-0.2, 0) is 21.4 Å². The van der Waals surface area contributed by atoms with Crippen molar-refractivity contribution in [1.29, 1.82) is 0 Å². The topological polar surface area (TPSA) is 78.8 Å². The lowest BCUT2D eigenvalue weighted by atomic mass is 9.67. The first-order valence-corrected chi connectivity index (χ1v) is 6.40. The highest BCUT2D eigenvalue weighted by molar-refractivity contribution is 6.29.